The average Bonchev–Trinajstić information content (AvgIpc) is 2.40. The molecule has 0 heterocycles. The lowest BCUT2D eigenvalue weighted by Gasteiger charge is -2.20. The maximum absolute atomic E-state index is 7.86. The fourth-order valence-corrected chi connectivity index (χ4v) is 1.44. The van der Waals surface area contributed by atoms with Crippen LogP contribution in [0.25, 0.3) is 0 Å². The van der Waals surface area contributed by atoms with Gasteiger partial charge in [-0.2, -0.15) is 0 Å². The molecular formula is C13H14N4. The van der Waals surface area contributed by atoms with E-state index in [0.717, 1.165) is 11.4 Å². The van der Waals surface area contributed by atoms with Crippen molar-refractivity contribution in [3.05, 3.63) is 60.7 Å². The predicted octanol–water partition coefficient (Wildman–Crippen LogP) is 2.41. The number of hydrazine groups is 1. The largest absolute Gasteiger partial charge is 0.325 e. The van der Waals surface area contributed by atoms with E-state index in [-0.39, 0.29) is 5.96 Å². The molecule has 0 aliphatic carbocycles. The first-order chi connectivity index (χ1) is 8.27. The first kappa shape index (κ1) is 11.2. The van der Waals surface area contributed by atoms with E-state index in [1.54, 1.807) is 0 Å². The molecule has 0 unspecified atom stereocenters. The summed E-state index contributed by atoms with van der Waals surface area (Å²) in [5.41, 5.74) is 1.60. The van der Waals surface area contributed by atoms with E-state index >= 15 is 0 Å². The predicted molar refractivity (Wildman–Crippen MR) is 70.9 cm³/mol. The molecule has 4 nitrogen and oxygen atoms in total. The van der Waals surface area contributed by atoms with Gasteiger partial charge in [0.15, 0.2) is 0 Å². The molecule has 0 saturated heterocycles. The molecule has 4 N–H and O–H groups in total. The van der Waals surface area contributed by atoms with E-state index in [2.05, 4.69) is 5.32 Å². The maximum Gasteiger partial charge on any atom is 0.214 e. The van der Waals surface area contributed by atoms with Crippen molar-refractivity contribution >= 4 is 17.3 Å². The van der Waals surface area contributed by atoms with E-state index in [1.165, 1.54) is 5.01 Å². The van der Waals surface area contributed by atoms with Gasteiger partial charge in [0, 0.05) is 5.69 Å². The van der Waals surface area contributed by atoms with Crippen molar-refractivity contribution in [2.75, 3.05) is 10.3 Å². The van der Waals surface area contributed by atoms with Crippen molar-refractivity contribution < 1.29 is 0 Å². The second-order valence-corrected chi connectivity index (χ2v) is 3.55. The summed E-state index contributed by atoms with van der Waals surface area (Å²) in [6, 6.07) is 18.9. The minimum atomic E-state index is 0.127. The molecule has 0 atom stereocenters. The number of hydrogen-bond acceptors (Lipinski definition) is 2. The highest BCUT2D eigenvalue weighted by Gasteiger charge is 2.06. The summed E-state index contributed by atoms with van der Waals surface area (Å²) in [5, 5.41) is 12.1. The van der Waals surface area contributed by atoms with E-state index in [1.807, 2.05) is 60.7 Å². The molecule has 2 aromatic rings. The fraction of sp³-hybridized carbons (Fsp3) is 0. The highest BCUT2D eigenvalue weighted by atomic mass is 15.5. The smallest absolute Gasteiger partial charge is 0.214 e. The summed E-state index contributed by atoms with van der Waals surface area (Å²) in [7, 11) is 0. The van der Waals surface area contributed by atoms with Crippen LogP contribution in [0.3, 0.4) is 0 Å². The summed E-state index contributed by atoms with van der Waals surface area (Å²) >= 11 is 0. The van der Waals surface area contributed by atoms with Crippen LogP contribution >= 0.6 is 0 Å². The topological polar surface area (TPSA) is 65.1 Å². The van der Waals surface area contributed by atoms with Crippen LogP contribution in [0.4, 0.5) is 11.4 Å². The summed E-state index contributed by atoms with van der Waals surface area (Å²) in [6.07, 6.45) is 0. The van der Waals surface area contributed by atoms with Gasteiger partial charge in [0.2, 0.25) is 5.96 Å². The molecule has 4 heteroatoms. The molecule has 0 fully saturated rings. The highest BCUT2D eigenvalue weighted by Crippen LogP contribution is 2.11. The van der Waals surface area contributed by atoms with Crippen LogP contribution < -0.4 is 16.2 Å². The lowest BCUT2D eigenvalue weighted by atomic mass is 10.3. The van der Waals surface area contributed by atoms with Crippen molar-refractivity contribution in [3.63, 3.8) is 0 Å². The van der Waals surface area contributed by atoms with Crippen LogP contribution in [0.5, 0.6) is 0 Å². The van der Waals surface area contributed by atoms with Gasteiger partial charge in [-0.25, -0.2) is 10.9 Å². The zero-order valence-corrected chi connectivity index (χ0v) is 9.30. The van der Waals surface area contributed by atoms with Crippen LogP contribution in [0, 0.1) is 5.41 Å². The second kappa shape index (κ2) is 5.14. The molecule has 0 aromatic heterocycles. The molecule has 0 radical (unpaired) electrons. The van der Waals surface area contributed by atoms with Crippen molar-refractivity contribution in [1.82, 2.24) is 0 Å². The highest BCUT2D eigenvalue weighted by molar-refractivity contribution is 6.02. The number of nitrogens with two attached hydrogens (primary N) is 1. The van der Waals surface area contributed by atoms with Gasteiger partial charge in [0.25, 0.3) is 0 Å². The number of anilines is 2. The monoisotopic (exact) mass is 226 g/mol. The van der Waals surface area contributed by atoms with Crippen LogP contribution in [-0.4, -0.2) is 5.96 Å². The van der Waals surface area contributed by atoms with E-state index in [9.17, 15) is 0 Å². The molecule has 2 aromatic carbocycles. The number of para-hydroxylation sites is 2. The Kier molecular flexibility index (Phi) is 3.37. The van der Waals surface area contributed by atoms with Crippen molar-refractivity contribution in [2.24, 2.45) is 5.84 Å². The quantitative estimate of drug-likeness (QED) is 0.319. The van der Waals surface area contributed by atoms with Crippen LogP contribution in [-0.2, 0) is 0 Å². The van der Waals surface area contributed by atoms with Gasteiger partial charge >= 0.3 is 0 Å². The first-order valence-corrected chi connectivity index (χ1v) is 5.28. The van der Waals surface area contributed by atoms with Gasteiger partial charge in [-0.15, -0.1) is 0 Å². The Morgan fingerprint density at radius 1 is 0.941 bits per heavy atom. The zero-order valence-electron chi connectivity index (χ0n) is 9.30. The summed E-state index contributed by atoms with van der Waals surface area (Å²) in [6.45, 7) is 0. The van der Waals surface area contributed by atoms with Crippen LogP contribution in [0.2, 0.25) is 0 Å². The SMILES string of the molecule is N=C(Nc1ccccc1)N(N)c1ccccc1. The van der Waals surface area contributed by atoms with Crippen molar-refractivity contribution in [2.45, 2.75) is 0 Å². The number of hydrogen-bond donors (Lipinski definition) is 3. The molecule has 0 aliphatic rings. The summed E-state index contributed by atoms with van der Waals surface area (Å²) in [4.78, 5) is 0. The van der Waals surface area contributed by atoms with Crippen LogP contribution in [0.15, 0.2) is 60.7 Å². The first-order valence-electron chi connectivity index (χ1n) is 5.28. The van der Waals surface area contributed by atoms with Gasteiger partial charge < -0.3 is 5.32 Å². The third-order valence-corrected chi connectivity index (χ3v) is 2.31. The maximum atomic E-state index is 7.86. The third-order valence-electron chi connectivity index (χ3n) is 2.31. The molecule has 17 heavy (non-hydrogen) atoms. The van der Waals surface area contributed by atoms with Gasteiger partial charge in [-0.3, -0.25) is 5.41 Å². The van der Waals surface area contributed by atoms with Crippen molar-refractivity contribution in [3.8, 4) is 0 Å². The number of guanidine groups is 1. The Bertz CT molecular complexity index is 481. The van der Waals surface area contributed by atoms with Crippen molar-refractivity contribution in [1.29, 1.82) is 5.41 Å². The lowest BCUT2D eigenvalue weighted by molar-refractivity contribution is 1.10. The average molecular weight is 226 g/mol. The Morgan fingerprint density at radius 3 is 2.06 bits per heavy atom. The molecule has 0 aliphatic heterocycles. The Labute approximate surface area is 100 Å². The fourth-order valence-electron chi connectivity index (χ4n) is 1.44. The van der Waals surface area contributed by atoms with E-state index in [4.69, 9.17) is 11.3 Å². The normalized spacial score (nSPS) is 9.71. The summed E-state index contributed by atoms with van der Waals surface area (Å²) in [5.74, 6) is 5.96. The molecule has 0 saturated carbocycles. The molecule has 0 amide bonds. The zero-order chi connectivity index (χ0) is 12.1. The van der Waals surface area contributed by atoms with Gasteiger partial charge in [-0.05, 0) is 24.3 Å². The Hall–Kier alpha value is -2.33. The molecule has 2 rings (SSSR count). The van der Waals surface area contributed by atoms with E-state index in [0.29, 0.717) is 0 Å². The molecule has 0 bridgehead atoms. The minimum Gasteiger partial charge on any atom is -0.325 e. The van der Waals surface area contributed by atoms with Crippen LogP contribution in [0.1, 0.15) is 0 Å². The standard InChI is InChI=1S/C13H14N4/c14-13(16-11-7-3-1-4-8-11)17(15)12-9-5-2-6-10-12/h1-10H,15H2,(H2,14,16). The number of rotatable bonds is 2. The Balaban J connectivity index is 2.06. The number of nitrogens with one attached hydrogen (secondary N) is 2. The third kappa shape index (κ3) is 2.83. The van der Waals surface area contributed by atoms with E-state index < -0.39 is 0 Å². The molecule has 86 valence electrons. The number of benzene rings is 2. The Morgan fingerprint density at radius 2 is 1.47 bits per heavy atom. The van der Waals surface area contributed by atoms with Gasteiger partial charge in [-0.1, -0.05) is 36.4 Å². The summed E-state index contributed by atoms with van der Waals surface area (Å²) < 4.78 is 0. The van der Waals surface area contributed by atoms with Gasteiger partial charge in [0.1, 0.15) is 0 Å². The molecular weight excluding hydrogens is 212 g/mol. The lowest BCUT2D eigenvalue weighted by Crippen LogP contribution is -2.41. The number of nitrogens with zero attached hydrogens (tertiary/aromatic N) is 1. The second-order valence-electron chi connectivity index (χ2n) is 3.55. The molecule has 0 spiro atoms. The van der Waals surface area contributed by atoms with Gasteiger partial charge in [0.05, 0.1) is 5.69 Å². The minimum absolute atomic E-state index is 0.127.